The number of rotatable bonds is 5. The summed E-state index contributed by atoms with van der Waals surface area (Å²) in [6, 6.07) is 5.57. The monoisotopic (exact) mass is 251 g/mol. The summed E-state index contributed by atoms with van der Waals surface area (Å²) in [6.45, 7) is 2.17. The fourth-order valence-electron chi connectivity index (χ4n) is 1.74. The minimum atomic E-state index is -0.0243. The zero-order valence-electron chi connectivity index (χ0n) is 10.4. The molecule has 0 bridgehead atoms. The van der Waals surface area contributed by atoms with Crippen LogP contribution in [0.5, 0.6) is 11.5 Å². The number of ether oxygens (including phenoxy) is 3. The zero-order valence-corrected chi connectivity index (χ0v) is 10.4. The average molecular weight is 251 g/mol. The first-order chi connectivity index (χ1) is 8.79. The largest absolute Gasteiger partial charge is 0.486 e. The van der Waals surface area contributed by atoms with E-state index in [4.69, 9.17) is 14.2 Å². The number of benzene rings is 1. The summed E-state index contributed by atoms with van der Waals surface area (Å²) in [5.74, 6) is 1.43. The minimum Gasteiger partial charge on any atom is -0.486 e. The second kappa shape index (κ2) is 6.26. The van der Waals surface area contributed by atoms with Crippen LogP contribution in [0.1, 0.15) is 5.56 Å². The molecule has 0 radical (unpaired) electrons. The number of carbonyl (C=O) groups excluding carboxylic acids is 1. The Kier molecular flexibility index (Phi) is 4.41. The molecule has 0 fully saturated rings. The fraction of sp³-hybridized carbons (Fsp3) is 0.462. The van der Waals surface area contributed by atoms with Crippen molar-refractivity contribution in [2.75, 3.05) is 33.5 Å². The van der Waals surface area contributed by atoms with E-state index in [1.54, 1.807) is 7.11 Å². The van der Waals surface area contributed by atoms with Crippen LogP contribution in [0.3, 0.4) is 0 Å². The van der Waals surface area contributed by atoms with Gasteiger partial charge in [0.05, 0.1) is 13.0 Å². The van der Waals surface area contributed by atoms with Crippen LogP contribution in [0.4, 0.5) is 0 Å². The highest BCUT2D eigenvalue weighted by atomic mass is 16.6. The van der Waals surface area contributed by atoms with Gasteiger partial charge < -0.3 is 19.5 Å². The van der Waals surface area contributed by atoms with Crippen molar-refractivity contribution in [1.29, 1.82) is 0 Å². The topological polar surface area (TPSA) is 56.8 Å². The summed E-state index contributed by atoms with van der Waals surface area (Å²) < 4.78 is 15.8. The molecule has 2 rings (SSSR count). The molecule has 0 saturated carbocycles. The Morgan fingerprint density at radius 2 is 2.11 bits per heavy atom. The molecule has 0 aromatic heterocycles. The van der Waals surface area contributed by atoms with Crippen molar-refractivity contribution < 1.29 is 19.0 Å². The van der Waals surface area contributed by atoms with E-state index in [9.17, 15) is 4.79 Å². The van der Waals surface area contributed by atoms with E-state index < -0.39 is 0 Å². The van der Waals surface area contributed by atoms with Gasteiger partial charge in [0.15, 0.2) is 11.5 Å². The van der Waals surface area contributed by atoms with E-state index in [1.807, 2.05) is 18.2 Å². The number of methoxy groups -OCH3 is 1. The normalized spacial score (nSPS) is 13.2. The minimum absolute atomic E-state index is 0.0243. The third-order valence-corrected chi connectivity index (χ3v) is 2.60. The number of fused-ring (bicyclic) bond motifs is 1. The molecule has 1 aromatic carbocycles. The van der Waals surface area contributed by atoms with Crippen molar-refractivity contribution in [2.45, 2.75) is 6.42 Å². The van der Waals surface area contributed by atoms with Crippen molar-refractivity contribution in [3.05, 3.63) is 23.8 Å². The lowest BCUT2D eigenvalue weighted by Crippen LogP contribution is -2.28. The number of nitrogens with one attached hydrogen (secondary N) is 1. The third kappa shape index (κ3) is 3.37. The van der Waals surface area contributed by atoms with Crippen LogP contribution in [0.15, 0.2) is 18.2 Å². The van der Waals surface area contributed by atoms with E-state index in [-0.39, 0.29) is 5.91 Å². The first-order valence-electron chi connectivity index (χ1n) is 5.94. The zero-order chi connectivity index (χ0) is 12.8. The Labute approximate surface area is 106 Å². The Morgan fingerprint density at radius 3 is 2.89 bits per heavy atom. The molecule has 0 unspecified atom stereocenters. The smallest absolute Gasteiger partial charge is 0.224 e. The summed E-state index contributed by atoms with van der Waals surface area (Å²) >= 11 is 0. The number of hydrogen-bond donors (Lipinski definition) is 1. The summed E-state index contributed by atoms with van der Waals surface area (Å²) in [5, 5.41) is 2.78. The molecule has 1 heterocycles. The maximum atomic E-state index is 11.6. The van der Waals surface area contributed by atoms with Crippen LogP contribution >= 0.6 is 0 Å². The molecule has 1 aromatic rings. The maximum Gasteiger partial charge on any atom is 0.224 e. The van der Waals surface area contributed by atoms with E-state index in [1.165, 1.54) is 0 Å². The third-order valence-electron chi connectivity index (χ3n) is 2.60. The lowest BCUT2D eigenvalue weighted by atomic mass is 10.1. The van der Waals surface area contributed by atoms with Gasteiger partial charge in [-0.15, -0.1) is 0 Å². The molecule has 18 heavy (non-hydrogen) atoms. The van der Waals surface area contributed by atoms with Gasteiger partial charge in [0.25, 0.3) is 0 Å². The van der Waals surface area contributed by atoms with Crippen LogP contribution < -0.4 is 14.8 Å². The van der Waals surface area contributed by atoms with Gasteiger partial charge in [-0.1, -0.05) is 6.07 Å². The molecular weight excluding hydrogens is 234 g/mol. The van der Waals surface area contributed by atoms with Gasteiger partial charge in [0, 0.05) is 13.7 Å². The Morgan fingerprint density at radius 1 is 1.33 bits per heavy atom. The van der Waals surface area contributed by atoms with E-state index in [0.717, 1.165) is 11.3 Å². The van der Waals surface area contributed by atoms with Crippen molar-refractivity contribution in [3.63, 3.8) is 0 Å². The number of hydrogen-bond acceptors (Lipinski definition) is 4. The summed E-state index contributed by atoms with van der Waals surface area (Å²) in [4.78, 5) is 11.6. The molecule has 5 heteroatoms. The Balaban J connectivity index is 1.91. The molecule has 0 saturated heterocycles. The highest BCUT2D eigenvalue weighted by molar-refractivity contribution is 5.78. The van der Waals surface area contributed by atoms with Gasteiger partial charge in [-0.2, -0.15) is 0 Å². The van der Waals surface area contributed by atoms with Crippen LogP contribution in [-0.2, 0) is 16.0 Å². The number of carbonyl (C=O) groups is 1. The highest BCUT2D eigenvalue weighted by Crippen LogP contribution is 2.30. The molecule has 1 aliphatic rings. The first kappa shape index (κ1) is 12.7. The maximum absolute atomic E-state index is 11.6. The molecule has 1 amide bonds. The van der Waals surface area contributed by atoms with Gasteiger partial charge in [-0.25, -0.2) is 0 Å². The van der Waals surface area contributed by atoms with Crippen molar-refractivity contribution >= 4 is 5.91 Å². The predicted molar refractivity (Wildman–Crippen MR) is 66.0 cm³/mol. The molecule has 98 valence electrons. The first-order valence-corrected chi connectivity index (χ1v) is 5.94. The second-order valence-corrected chi connectivity index (χ2v) is 4.00. The second-order valence-electron chi connectivity index (χ2n) is 4.00. The highest BCUT2D eigenvalue weighted by Gasteiger charge is 2.12. The molecule has 1 N–H and O–H groups in total. The van der Waals surface area contributed by atoms with Gasteiger partial charge >= 0.3 is 0 Å². The molecular formula is C13H17NO4. The average Bonchev–Trinajstić information content (AvgIpc) is 2.39. The SMILES string of the molecule is COCCNC(=O)Cc1ccc2c(c1)OCCO2. The lowest BCUT2D eigenvalue weighted by Gasteiger charge is -2.18. The Hall–Kier alpha value is -1.75. The lowest BCUT2D eigenvalue weighted by molar-refractivity contribution is -0.120. The molecule has 0 spiro atoms. The van der Waals surface area contributed by atoms with Crippen molar-refractivity contribution in [3.8, 4) is 11.5 Å². The van der Waals surface area contributed by atoms with Crippen LogP contribution in [0, 0.1) is 0 Å². The summed E-state index contributed by atoms with van der Waals surface area (Å²) in [7, 11) is 1.60. The molecule has 5 nitrogen and oxygen atoms in total. The predicted octanol–water partition coefficient (Wildman–Crippen LogP) is 0.763. The van der Waals surface area contributed by atoms with Crippen molar-refractivity contribution in [1.82, 2.24) is 5.32 Å². The van der Waals surface area contributed by atoms with Crippen LogP contribution in [0.25, 0.3) is 0 Å². The Bertz CT molecular complexity index is 419. The van der Waals surface area contributed by atoms with E-state index in [2.05, 4.69) is 5.32 Å². The summed E-state index contributed by atoms with van der Waals surface area (Å²) in [5.41, 5.74) is 0.911. The summed E-state index contributed by atoms with van der Waals surface area (Å²) in [6.07, 6.45) is 0.334. The molecule has 1 aliphatic heterocycles. The molecule has 0 aliphatic carbocycles. The standard InChI is InChI=1S/C13H17NO4/c1-16-5-4-14-13(15)9-10-2-3-11-12(8-10)18-7-6-17-11/h2-3,8H,4-7,9H2,1H3,(H,14,15). The van der Waals surface area contributed by atoms with Gasteiger partial charge in [-0.3, -0.25) is 4.79 Å². The quantitative estimate of drug-likeness (QED) is 0.785. The van der Waals surface area contributed by atoms with E-state index >= 15 is 0 Å². The fourth-order valence-corrected chi connectivity index (χ4v) is 1.74. The van der Waals surface area contributed by atoms with Gasteiger partial charge in [0.1, 0.15) is 13.2 Å². The van der Waals surface area contributed by atoms with Crippen LogP contribution in [-0.4, -0.2) is 39.4 Å². The van der Waals surface area contributed by atoms with Crippen molar-refractivity contribution in [2.24, 2.45) is 0 Å². The van der Waals surface area contributed by atoms with Gasteiger partial charge in [-0.05, 0) is 17.7 Å². The molecule has 0 atom stereocenters. The van der Waals surface area contributed by atoms with Crippen LogP contribution in [0.2, 0.25) is 0 Å². The number of amides is 1. The van der Waals surface area contributed by atoms with E-state index in [0.29, 0.717) is 38.5 Å². The van der Waals surface area contributed by atoms with Gasteiger partial charge in [0.2, 0.25) is 5.91 Å².